The van der Waals surface area contributed by atoms with Crippen molar-refractivity contribution in [2.45, 2.75) is 13.3 Å². The Morgan fingerprint density at radius 3 is 2.70 bits per heavy atom. The second-order valence-corrected chi connectivity index (χ2v) is 4.04. The molecule has 106 valence electrons. The normalized spacial score (nSPS) is 10.6. The molecule has 0 bridgehead atoms. The number of anilines is 1. The number of halogens is 2. The summed E-state index contributed by atoms with van der Waals surface area (Å²) >= 11 is 0. The SMILES string of the molecule is CCc1nc(C(=O)OC)c(N)n1-c1ccc(F)cc1F. The predicted octanol–water partition coefficient (Wildman–Crippen LogP) is 2.08. The lowest BCUT2D eigenvalue weighted by Crippen LogP contribution is -2.09. The van der Waals surface area contributed by atoms with E-state index >= 15 is 0 Å². The molecule has 2 aromatic rings. The van der Waals surface area contributed by atoms with Gasteiger partial charge in [0.25, 0.3) is 0 Å². The van der Waals surface area contributed by atoms with Crippen molar-refractivity contribution >= 4 is 11.8 Å². The van der Waals surface area contributed by atoms with Crippen LogP contribution in [0.25, 0.3) is 5.69 Å². The van der Waals surface area contributed by atoms with Gasteiger partial charge >= 0.3 is 5.97 Å². The van der Waals surface area contributed by atoms with E-state index < -0.39 is 17.6 Å². The van der Waals surface area contributed by atoms with Gasteiger partial charge in [-0.2, -0.15) is 0 Å². The predicted molar refractivity (Wildman–Crippen MR) is 68.6 cm³/mol. The van der Waals surface area contributed by atoms with E-state index in [1.165, 1.54) is 17.7 Å². The van der Waals surface area contributed by atoms with Crippen molar-refractivity contribution in [3.8, 4) is 5.69 Å². The number of methoxy groups -OCH3 is 1. The Hall–Kier alpha value is -2.44. The van der Waals surface area contributed by atoms with Crippen LogP contribution >= 0.6 is 0 Å². The molecule has 1 aromatic carbocycles. The first kappa shape index (κ1) is 14.0. The molecule has 7 heteroatoms. The molecule has 0 spiro atoms. The Balaban J connectivity index is 2.67. The zero-order valence-electron chi connectivity index (χ0n) is 11.0. The van der Waals surface area contributed by atoms with E-state index in [1.807, 2.05) is 0 Å². The van der Waals surface area contributed by atoms with Crippen LogP contribution in [0.15, 0.2) is 18.2 Å². The number of aryl methyl sites for hydroxylation is 1. The molecule has 0 saturated carbocycles. The lowest BCUT2D eigenvalue weighted by atomic mass is 10.2. The number of nitrogen functional groups attached to an aromatic ring is 1. The molecular formula is C13H13F2N3O2. The first-order valence-corrected chi connectivity index (χ1v) is 5.90. The van der Waals surface area contributed by atoms with Crippen LogP contribution in [-0.4, -0.2) is 22.6 Å². The van der Waals surface area contributed by atoms with Gasteiger partial charge in [0.1, 0.15) is 23.3 Å². The minimum atomic E-state index is -0.791. The summed E-state index contributed by atoms with van der Waals surface area (Å²) in [5.74, 6) is -1.86. The first-order valence-electron chi connectivity index (χ1n) is 5.90. The molecular weight excluding hydrogens is 268 g/mol. The average molecular weight is 281 g/mol. The molecule has 0 aliphatic heterocycles. The number of benzene rings is 1. The lowest BCUT2D eigenvalue weighted by Gasteiger charge is -2.09. The number of esters is 1. The van der Waals surface area contributed by atoms with Gasteiger partial charge in [-0.05, 0) is 12.1 Å². The number of nitrogens with zero attached hydrogens (tertiary/aromatic N) is 2. The molecule has 0 aliphatic carbocycles. The quantitative estimate of drug-likeness (QED) is 0.874. The van der Waals surface area contributed by atoms with Crippen LogP contribution in [-0.2, 0) is 11.2 Å². The largest absolute Gasteiger partial charge is 0.464 e. The Labute approximate surface area is 114 Å². The number of rotatable bonds is 3. The van der Waals surface area contributed by atoms with Gasteiger partial charge in [0.2, 0.25) is 0 Å². The van der Waals surface area contributed by atoms with Crippen LogP contribution in [0.5, 0.6) is 0 Å². The third-order valence-corrected chi connectivity index (χ3v) is 2.83. The van der Waals surface area contributed by atoms with E-state index in [2.05, 4.69) is 9.72 Å². The minimum absolute atomic E-state index is 0.0309. The summed E-state index contributed by atoms with van der Waals surface area (Å²) in [7, 11) is 1.20. The van der Waals surface area contributed by atoms with Crippen molar-refractivity contribution in [2.24, 2.45) is 0 Å². The summed E-state index contributed by atoms with van der Waals surface area (Å²) in [6.45, 7) is 1.78. The van der Waals surface area contributed by atoms with Gasteiger partial charge in [0, 0.05) is 12.5 Å². The molecule has 0 amide bonds. The van der Waals surface area contributed by atoms with Crippen LogP contribution in [0.3, 0.4) is 0 Å². The number of carbonyl (C=O) groups excluding carboxylic acids is 1. The highest BCUT2D eigenvalue weighted by Gasteiger charge is 2.22. The van der Waals surface area contributed by atoms with E-state index in [0.29, 0.717) is 12.2 Å². The van der Waals surface area contributed by atoms with Crippen molar-refractivity contribution < 1.29 is 18.3 Å². The van der Waals surface area contributed by atoms with E-state index in [-0.39, 0.29) is 17.2 Å². The maximum atomic E-state index is 13.9. The van der Waals surface area contributed by atoms with E-state index in [0.717, 1.165) is 12.1 Å². The van der Waals surface area contributed by atoms with Gasteiger partial charge in [-0.25, -0.2) is 18.6 Å². The smallest absolute Gasteiger partial charge is 0.360 e. The van der Waals surface area contributed by atoms with E-state index in [9.17, 15) is 13.6 Å². The number of ether oxygens (including phenoxy) is 1. The third kappa shape index (κ3) is 2.22. The Morgan fingerprint density at radius 1 is 1.45 bits per heavy atom. The number of hydrogen-bond donors (Lipinski definition) is 1. The van der Waals surface area contributed by atoms with E-state index in [4.69, 9.17) is 5.73 Å². The molecule has 2 N–H and O–H groups in total. The van der Waals surface area contributed by atoms with Crippen LogP contribution < -0.4 is 5.73 Å². The molecule has 1 aromatic heterocycles. The highest BCUT2D eigenvalue weighted by atomic mass is 19.1. The van der Waals surface area contributed by atoms with Gasteiger partial charge in [-0.3, -0.25) is 4.57 Å². The number of nitrogens with two attached hydrogens (primary N) is 1. The van der Waals surface area contributed by atoms with Crippen molar-refractivity contribution in [2.75, 3.05) is 12.8 Å². The fourth-order valence-electron chi connectivity index (χ4n) is 1.90. The Morgan fingerprint density at radius 2 is 2.15 bits per heavy atom. The van der Waals surface area contributed by atoms with Gasteiger partial charge in [0.15, 0.2) is 5.69 Å². The standard InChI is InChI=1S/C13H13F2N3O2/c1-3-10-17-11(13(19)20-2)12(16)18(10)9-5-4-7(14)6-8(9)15/h4-6H,3,16H2,1-2H3. The molecule has 0 radical (unpaired) electrons. The summed E-state index contributed by atoms with van der Waals surface area (Å²) in [5, 5.41) is 0. The topological polar surface area (TPSA) is 70.1 Å². The van der Waals surface area contributed by atoms with Crippen LogP contribution in [0.1, 0.15) is 23.2 Å². The van der Waals surface area contributed by atoms with Gasteiger partial charge < -0.3 is 10.5 Å². The Kier molecular flexibility index (Phi) is 3.69. The molecule has 0 saturated heterocycles. The Bertz CT molecular complexity index is 668. The maximum absolute atomic E-state index is 13.9. The molecule has 2 rings (SSSR count). The van der Waals surface area contributed by atoms with Crippen molar-refractivity contribution in [3.05, 3.63) is 41.4 Å². The van der Waals surface area contributed by atoms with Crippen molar-refractivity contribution in [1.82, 2.24) is 9.55 Å². The number of imidazole rings is 1. The number of hydrogen-bond acceptors (Lipinski definition) is 4. The molecule has 5 nitrogen and oxygen atoms in total. The fourth-order valence-corrected chi connectivity index (χ4v) is 1.90. The molecule has 20 heavy (non-hydrogen) atoms. The maximum Gasteiger partial charge on any atom is 0.360 e. The van der Waals surface area contributed by atoms with Crippen LogP contribution in [0.4, 0.5) is 14.6 Å². The number of carbonyl (C=O) groups is 1. The van der Waals surface area contributed by atoms with Crippen LogP contribution in [0, 0.1) is 11.6 Å². The molecule has 0 atom stereocenters. The van der Waals surface area contributed by atoms with Gasteiger partial charge in [-0.15, -0.1) is 0 Å². The zero-order chi connectivity index (χ0) is 14.9. The number of aromatic nitrogens is 2. The zero-order valence-corrected chi connectivity index (χ0v) is 11.0. The summed E-state index contributed by atoms with van der Waals surface area (Å²) in [6.07, 6.45) is 0.415. The van der Waals surface area contributed by atoms with Gasteiger partial charge in [-0.1, -0.05) is 6.92 Å². The summed E-state index contributed by atoms with van der Waals surface area (Å²) < 4.78 is 32.7. The fraction of sp³-hybridized carbons (Fsp3) is 0.231. The highest BCUT2D eigenvalue weighted by Crippen LogP contribution is 2.24. The monoisotopic (exact) mass is 281 g/mol. The molecule has 0 unspecified atom stereocenters. The highest BCUT2D eigenvalue weighted by molar-refractivity contribution is 5.92. The first-order chi connectivity index (χ1) is 9.49. The van der Waals surface area contributed by atoms with E-state index in [1.54, 1.807) is 6.92 Å². The second kappa shape index (κ2) is 5.28. The van der Waals surface area contributed by atoms with Gasteiger partial charge in [0.05, 0.1) is 12.8 Å². The second-order valence-electron chi connectivity index (χ2n) is 4.04. The minimum Gasteiger partial charge on any atom is -0.464 e. The average Bonchev–Trinajstić information content (AvgIpc) is 2.75. The molecule has 1 heterocycles. The lowest BCUT2D eigenvalue weighted by molar-refractivity contribution is 0.0595. The third-order valence-electron chi connectivity index (χ3n) is 2.83. The summed E-state index contributed by atoms with van der Waals surface area (Å²) in [4.78, 5) is 15.6. The summed E-state index contributed by atoms with van der Waals surface area (Å²) in [5.41, 5.74) is 5.78. The summed E-state index contributed by atoms with van der Waals surface area (Å²) in [6, 6.07) is 3.09. The van der Waals surface area contributed by atoms with Crippen molar-refractivity contribution in [1.29, 1.82) is 0 Å². The molecule has 0 fully saturated rings. The van der Waals surface area contributed by atoms with Crippen molar-refractivity contribution in [3.63, 3.8) is 0 Å². The van der Waals surface area contributed by atoms with Crippen LogP contribution in [0.2, 0.25) is 0 Å². The molecule has 0 aliphatic rings.